The van der Waals surface area contributed by atoms with E-state index in [1.54, 1.807) is 30.0 Å². The van der Waals surface area contributed by atoms with Crippen LogP contribution in [0.5, 0.6) is 0 Å². The molecule has 0 unspecified atom stereocenters. The molecule has 0 spiro atoms. The first-order valence-electron chi connectivity index (χ1n) is 10.3. The molecule has 0 bridgehead atoms. The topological polar surface area (TPSA) is 120 Å². The summed E-state index contributed by atoms with van der Waals surface area (Å²) in [5, 5.41) is 14.5. The molecule has 0 aliphatic rings. The van der Waals surface area contributed by atoms with Crippen molar-refractivity contribution in [2.45, 2.75) is 45.7 Å². The van der Waals surface area contributed by atoms with Crippen LogP contribution in [0.15, 0.2) is 54.9 Å². The van der Waals surface area contributed by atoms with Gasteiger partial charge in [0.1, 0.15) is 6.04 Å². The van der Waals surface area contributed by atoms with Gasteiger partial charge >= 0.3 is 0 Å². The third-order valence-corrected chi connectivity index (χ3v) is 4.81. The highest BCUT2D eigenvalue weighted by Crippen LogP contribution is 2.16. The molecule has 8 heteroatoms. The largest absolute Gasteiger partial charge is 0.350 e. The highest BCUT2D eigenvalue weighted by Gasteiger charge is 2.28. The van der Waals surface area contributed by atoms with E-state index in [1.807, 2.05) is 44.2 Å². The Kier molecular flexibility index (Phi) is 9.64. The minimum atomic E-state index is -0.814. The molecule has 1 aromatic carbocycles. The summed E-state index contributed by atoms with van der Waals surface area (Å²) in [5.41, 5.74) is 3.37. The number of amides is 3. The molecule has 1 aromatic heterocycles. The average Bonchev–Trinajstić information content (AvgIpc) is 2.77. The smallest absolute Gasteiger partial charge is 0.244 e. The Morgan fingerprint density at radius 3 is 2.26 bits per heavy atom. The molecule has 0 saturated carbocycles. The molecule has 3 amide bonds. The van der Waals surface area contributed by atoms with E-state index in [0.717, 1.165) is 11.1 Å². The second-order valence-electron chi connectivity index (χ2n) is 7.89. The Balaban J connectivity index is 2.12. The first kappa shape index (κ1) is 24.0. The Bertz CT molecular complexity index is 843. The minimum Gasteiger partial charge on any atom is -0.350 e. The van der Waals surface area contributed by atoms with E-state index in [-0.39, 0.29) is 24.7 Å². The van der Waals surface area contributed by atoms with E-state index in [1.165, 1.54) is 0 Å². The van der Waals surface area contributed by atoms with Crippen molar-refractivity contribution in [1.29, 1.82) is 0 Å². The standard InChI is InChI=1S/C23H30N4O4/c1-16(2)12-19(14-21(28)27-31)22(29)26-20(13-17-8-10-24-11-9-17)23(30)25-15-18-6-4-3-5-7-18/h3-11,16,19-20,31H,12-15H2,1-2H3,(H,25,30)(H,26,29)(H,27,28)/t19-,20-/m1/s1. The zero-order chi connectivity index (χ0) is 22.6. The van der Waals surface area contributed by atoms with Crippen molar-refractivity contribution >= 4 is 17.7 Å². The number of rotatable bonds is 11. The van der Waals surface area contributed by atoms with Crippen molar-refractivity contribution in [3.63, 3.8) is 0 Å². The van der Waals surface area contributed by atoms with E-state index in [2.05, 4.69) is 15.6 Å². The number of aromatic nitrogens is 1. The van der Waals surface area contributed by atoms with E-state index < -0.39 is 23.8 Å². The Morgan fingerprint density at radius 1 is 0.968 bits per heavy atom. The number of carbonyl (C=O) groups excluding carboxylic acids is 3. The molecule has 0 aliphatic carbocycles. The summed E-state index contributed by atoms with van der Waals surface area (Å²) in [5.74, 6) is -1.85. The second-order valence-corrected chi connectivity index (χ2v) is 7.89. The monoisotopic (exact) mass is 426 g/mol. The fourth-order valence-corrected chi connectivity index (χ4v) is 3.28. The van der Waals surface area contributed by atoms with Crippen molar-refractivity contribution in [1.82, 2.24) is 21.1 Å². The van der Waals surface area contributed by atoms with Crippen LogP contribution in [0.25, 0.3) is 0 Å². The zero-order valence-electron chi connectivity index (χ0n) is 17.9. The number of pyridine rings is 1. The van der Waals surface area contributed by atoms with Crippen LogP contribution in [0.3, 0.4) is 0 Å². The third kappa shape index (κ3) is 8.55. The van der Waals surface area contributed by atoms with Crippen molar-refractivity contribution in [3.05, 3.63) is 66.0 Å². The van der Waals surface area contributed by atoms with Crippen LogP contribution in [0.2, 0.25) is 0 Å². The summed E-state index contributed by atoms with van der Waals surface area (Å²) >= 11 is 0. The molecule has 166 valence electrons. The van der Waals surface area contributed by atoms with Crippen LogP contribution in [0, 0.1) is 11.8 Å². The van der Waals surface area contributed by atoms with Gasteiger partial charge in [0.2, 0.25) is 17.7 Å². The summed E-state index contributed by atoms with van der Waals surface area (Å²) in [7, 11) is 0. The number of nitrogens with one attached hydrogen (secondary N) is 3. The fraction of sp³-hybridized carbons (Fsp3) is 0.391. The number of hydrogen-bond acceptors (Lipinski definition) is 5. The molecule has 2 atom stereocenters. The van der Waals surface area contributed by atoms with Crippen LogP contribution in [-0.2, 0) is 27.3 Å². The van der Waals surface area contributed by atoms with Gasteiger partial charge in [-0.15, -0.1) is 0 Å². The summed E-state index contributed by atoms with van der Waals surface area (Å²) < 4.78 is 0. The average molecular weight is 427 g/mol. The van der Waals surface area contributed by atoms with E-state index in [4.69, 9.17) is 5.21 Å². The van der Waals surface area contributed by atoms with E-state index in [0.29, 0.717) is 13.0 Å². The van der Waals surface area contributed by atoms with E-state index >= 15 is 0 Å². The van der Waals surface area contributed by atoms with Gasteiger partial charge in [0, 0.05) is 37.7 Å². The number of carbonyl (C=O) groups is 3. The van der Waals surface area contributed by atoms with Gasteiger partial charge in [-0.2, -0.15) is 0 Å². The first-order valence-corrected chi connectivity index (χ1v) is 10.3. The first-order chi connectivity index (χ1) is 14.9. The van der Waals surface area contributed by atoms with Crippen molar-refractivity contribution in [3.8, 4) is 0 Å². The number of nitrogens with zero attached hydrogens (tertiary/aromatic N) is 1. The molecule has 8 nitrogen and oxygen atoms in total. The van der Waals surface area contributed by atoms with Gasteiger partial charge in [-0.1, -0.05) is 44.2 Å². The Hall–Kier alpha value is -3.26. The van der Waals surface area contributed by atoms with Crippen LogP contribution < -0.4 is 16.1 Å². The Labute approximate surface area is 182 Å². The fourth-order valence-electron chi connectivity index (χ4n) is 3.28. The van der Waals surface area contributed by atoms with Gasteiger partial charge in [0.05, 0.1) is 0 Å². The summed E-state index contributed by atoms with van der Waals surface area (Å²) in [6.07, 6.45) is 3.84. The van der Waals surface area contributed by atoms with Crippen molar-refractivity contribution < 1.29 is 19.6 Å². The molecule has 0 saturated heterocycles. The summed E-state index contributed by atoms with van der Waals surface area (Å²) in [4.78, 5) is 41.5. The lowest BCUT2D eigenvalue weighted by Crippen LogP contribution is -2.50. The number of hydrogen-bond donors (Lipinski definition) is 4. The predicted molar refractivity (Wildman–Crippen MR) is 116 cm³/mol. The molecular formula is C23H30N4O4. The quantitative estimate of drug-likeness (QED) is 0.323. The second kappa shape index (κ2) is 12.4. The molecule has 2 aromatic rings. The molecule has 2 rings (SSSR count). The molecular weight excluding hydrogens is 396 g/mol. The zero-order valence-corrected chi connectivity index (χ0v) is 17.9. The number of benzene rings is 1. The number of hydroxylamine groups is 1. The van der Waals surface area contributed by atoms with Gasteiger partial charge in [-0.25, -0.2) is 5.48 Å². The van der Waals surface area contributed by atoms with Gasteiger partial charge < -0.3 is 10.6 Å². The van der Waals surface area contributed by atoms with Crippen molar-refractivity contribution in [2.24, 2.45) is 11.8 Å². The molecule has 31 heavy (non-hydrogen) atoms. The lowest BCUT2D eigenvalue weighted by molar-refractivity contribution is -0.136. The predicted octanol–water partition coefficient (Wildman–Crippen LogP) is 1.98. The normalized spacial score (nSPS) is 12.6. The lowest BCUT2D eigenvalue weighted by Gasteiger charge is -2.23. The molecule has 0 fully saturated rings. The van der Waals surface area contributed by atoms with Crippen LogP contribution in [0.1, 0.15) is 37.8 Å². The maximum atomic E-state index is 12.9. The minimum absolute atomic E-state index is 0.159. The van der Waals surface area contributed by atoms with Crippen LogP contribution >= 0.6 is 0 Å². The van der Waals surface area contributed by atoms with Gasteiger partial charge in [0.15, 0.2) is 0 Å². The summed E-state index contributed by atoms with van der Waals surface area (Å²) in [6, 6.07) is 12.2. The highest BCUT2D eigenvalue weighted by molar-refractivity contribution is 5.90. The summed E-state index contributed by atoms with van der Waals surface area (Å²) in [6.45, 7) is 4.22. The maximum absolute atomic E-state index is 12.9. The molecule has 0 radical (unpaired) electrons. The van der Waals surface area contributed by atoms with E-state index in [9.17, 15) is 14.4 Å². The van der Waals surface area contributed by atoms with Crippen LogP contribution in [0.4, 0.5) is 0 Å². The Morgan fingerprint density at radius 2 is 1.65 bits per heavy atom. The maximum Gasteiger partial charge on any atom is 0.244 e. The molecule has 4 N–H and O–H groups in total. The highest BCUT2D eigenvalue weighted by atomic mass is 16.5. The third-order valence-electron chi connectivity index (χ3n) is 4.81. The molecule has 1 heterocycles. The van der Waals surface area contributed by atoms with Gasteiger partial charge in [-0.05, 0) is 35.6 Å². The SMILES string of the molecule is CC(C)C[C@H](CC(=O)NO)C(=O)N[C@H](Cc1ccncc1)C(=O)NCc1ccccc1. The van der Waals surface area contributed by atoms with Crippen molar-refractivity contribution in [2.75, 3.05) is 0 Å². The molecule has 0 aliphatic heterocycles. The van der Waals surface area contributed by atoms with Crippen LogP contribution in [-0.4, -0.2) is 34.0 Å². The van der Waals surface area contributed by atoms with Gasteiger partial charge in [0.25, 0.3) is 0 Å². The lowest BCUT2D eigenvalue weighted by atomic mass is 9.92. The van der Waals surface area contributed by atoms with Gasteiger partial charge in [-0.3, -0.25) is 24.6 Å².